The van der Waals surface area contributed by atoms with Crippen LogP contribution in [0.1, 0.15) is 15.9 Å². The molecule has 1 aromatic heterocycles. The van der Waals surface area contributed by atoms with Crippen LogP contribution in [-0.4, -0.2) is 47.2 Å². The van der Waals surface area contributed by atoms with Crippen molar-refractivity contribution in [3.05, 3.63) is 94.0 Å². The molecule has 0 saturated heterocycles. The van der Waals surface area contributed by atoms with Crippen LogP contribution in [0.5, 0.6) is 11.5 Å². The Hall–Kier alpha value is -4.99. The van der Waals surface area contributed by atoms with Crippen LogP contribution in [0, 0.1) is 10.1 Å². The molecule has 10 nitrogen and oxygen atoms in total. The summed E-state index contributed by atoms with van der Waals surface area (Å²) in [6, 6.07) is 18.6. The number of carbonyl (C=O) groups is 2. The molecule has 3 aromatic carbocycles. The number of aliphatic carboxylic acids is 1. The third-order valence-corrected chi connectivity index (χ3v) is 5.83. The predicted octanol–water partition coefficient (Wildman–Crippen LogP) is 4.25. The smallest absolute Gasteiger partial charge is 0.326 e. The summed E-state index contributed by atoms with van der Waals surface area (Å²) in [5.41, 5.74) is 2.16. The van der Waals surface area contributed by atoms with Gasteiger partial charge >= 0.3 is 5.97 Å². The van der Waals surface area contributed by atoms with E-state index in [4.69, 9.17) is 9.47 Å². The third kappa shape index (κ3) is 5.32. The first-order valence-corrected chi connectivity index (χ1v) is 11.2. The number of carboxylic acids is 1. The van der Waals surface area contributed by atoms with E-state index in [2.05, 4.69) is 10.3 Å². The fourth-order valence-corrected chi connectivity index (χ4v) is 4.04. The first kappa shape index (κ1) is 25.1. The minimum Gasteiger partial charge on any atom is -0.496 e. The van der Waals surface area contributed by atoms with Crippen LogP contribution < -0.4 is 14.8 Å². The normalized spacial score (nSPS) is 11.5. The zero-order valence-corrected chi connectivity index (χ0v) is 20.0. The maximum absolute atomic E-state index is 13.0. The average molecular weight is 501 g/mol. The number of ether oxygens (including phenoxy) is 2. The zero-order chi connectivity index (χ0) is 26.5. The summed E-state index contributed by atoms with van der Waals surface area (Å²) in [6.07, 6.45) is 0.0143. The number of benzene rings is 3. The highest BCUT2D eigenvalue weighted by molar-refractivity contribution is 6.01. The van der Waals surface area contributed by atoms with E-state index < -0.39 is 22.8 Å². The number of methoxy groups -OCH3 is 2. The number of nitrogens with one attached hydrogen (secondary N) is 1. The van der Waals surface area contributed by atoms with Crippen molar-refractivity contribution in [1.82, 2.24) is 10.3 Å². The maximum atomic E-state index is 13.0. The molecule has 188 valence electrons. The third-order valence-electron chi connectivity index (χ3n) is 5.83. The number of pyridine rings is 1. The molecule has 1 atom stereocenters. The second-order valence-electron chi connectivity index (χ2n) is 8.10. The molecular formula is C27H23N3O7. The molecule has 0 fully saturated rings. The molecule has 0 radical (unpaired) electrons. The first-order valence-electron chi connectivity index (χ1n) is 11.2. The SMILES string of the molecule is COc1cccc(OC)c1C(=O)NC(Cc1ccc2nc(-c3ccccc3[N+](=O)[O-])ccc2c1)C(=O)O. The molecule has 2 N–H and O–H groups in total. The molecule has 0 spiro atoms. The molecule has 1 amide bonds. The number of carbonyl (C=O) groups excluding carboxylic acids is 1. The fourth-order valence-electron chi connectivity index (χ4n) is 4.04. The van der Waals surface area contributed by atoms with Gasteiger partial charge in [0.2, 0.25) is 0 Å². The molecular weight excluding hydrogens is 478 g/mol. The highest BCUT2D eigenvalue weighted by atomic mass is 16.6. The lowest BCUT2D eigenvalue weighted by Crippen LogP contribution is -2.42. The van der Waals surface area contributed by atoms with E-state index in [-0.39, 0.29) is 29.2 Å². The summed E-state index contributed by atoms with van der Waals surface area (Å²) in [5, 5.41) is 24.4. The van der Waals surface area contributed by atoms with Crippen LogP contribution >= 0.6 is 0 Å². The Morgan fingerprint density at radius 1 is 1.00 bits per heavy atom. The number of aromatic nitrogens is 1. The largest absolute Gasteiger partial charge is 0.496 e. The molecule has 0 bridgehead atoms. The second-order valence-corrected chi connectivity index (χ2v) is 8.10. The van der Waals surface area contributed by atoms with Crippen molar-refractivity contribution in [3.63, 3.8) is 0 Å². The van der Waals surface area contributed by atoms with Gasteiger partial charge in [-0.1, -0.05) is 30.3 Å². The topological polar surface area (TPSA) is 141 Å². The molecule has 1 heterocycles. The van der Waals surface area contributed by atoms with Crippen LogP contribution in [0.2, 0.25) is 0 Å². The monoisotopic (exact) mass is 501 g/mol. The number of nitrogens with zero attached hydrogens (tertiary/aromatic N) is 2. The summed E-state index contributed by atoms with van der Waals surface area (Å²) in [7, 11) is 2.81. The van der Waals surface area contributed by atoms with E-state index in [1.807, 2.05) is 0 Å². The quantitative estimate of drug-likeness (QED) is 0.256. The van der Waals surface area contributed by atoms with Crippen LogP contribution in [0.4, 0.5) is 5.69 Å². The van der Waals surface area contributed by atoms with Gasteiger partial charge < -0.3 is 19.9 Å². The van der Waals surface area contributed by atoms with Gasteiger partial charge in [0.05, 0.1) is 35.9 Å². The summed E-state index contributed by atoms with van der Waals surface area (Å²) in [4.78, 5) is 40.4. The molecule has 1 unspecified atom stereocenters. The van der Waals surface area contributed by atoms with Gasteiger partial charge in [0, 0.05) is 17.9 Å². The lowest BCUT2D eigenvalue weighted by atomic mass is 10.0. The molecule has 0 aliphatic rings. The Bertz CT molecular complexity index is 1480. The van der Waals surface area contributed by atoms with Crippen molar-refractivity contribution in [3.8, 4) is 22.8 Å². The van der Waals surface area contributed by atoms with Crippen LogP contribution in [-0.2, 0) is 11.2 Å². The number of rotatable bonds is 9. The lowest BCUT2D eigenvalue weighted by Gasteiger charge is -2.18. The van der Waals surface area contributed by atoms with Crippen LogP contribution in [0.3, 0.4) is 0 Å². The van der Waals surface area contributed by atoms with Gasteiger partial charge in [0.1, 0.15) is 23.1 Å². The summed E-state index contributed by atoms with van der Waals surface area (Å²) in [6.45, 7) is 0. The van der Waals surface area contributed by atoms with Crippen molar-refractivity contribution in [1.29, 1.82) is 0 Å². The highest BCUT2D eigenvalue weighted by Crippen LogP contribution is 2.30. The van der Waals surface area contributed by atoms with Gasteiger partial charge in [0.15, 0.2) is 0 Å². The average Bonchev–Trinajstić information content (AvgIpc) is 2.91. The van der Waals surface area contributed by atoms with E-state index in [9.17, 15) is 24.8 Å². The highest BCUT2D eigenvalue weighted by Gasteiger charge is 2.25. The Kier molecular flexibility index (Phi) is 7.28. The van der Waals surface area contributed by atoms with E-state index in [0.717, 1.165) is 5.39 Å². The number of carboxylic acid groups (broad SMARTS) is 1. The molecule has 0 aliphatic carbocycles. The van der Waals surface area contributed by atoms with Crippen molar-refractivity contribution >= 4 is 28.5 Å². The number of hydrogen-bond acceptors (Lipinski definition) is 7. The summed E-state index contributed by atoms with van der Waals surface area (Å²) >= 11 is 0. The van der Waals surface area contributed by atoms with Crippen molar-refractivity contribution < 1.29 is 29.1 Å². The molecule has 0 saturated carbocycles. The number of nitro benzene ring substituents is 1. The standard InChI is InChI=1S/C27H23N3O7/c1-36-23-8-5-9-24(37-2)25(23)26(31)29-21(27(32)33)15-16-10-12-19-17(14-16)11-13-20(28-19)18-6-3-4-7-22(18)30(34)35/h3-14,21H,15H2,1-2H3,(H,29,31)(H,32,33). The summed E-state index contributed by atoms with van der Waals surface area (Å²) in [5.74, 6) is -1.33. The molecule has 4 rings (SSSR count). The number of fused-ring (bicyclic) bond motifs is 1. The van der Waals surface area contributed by atoms with E-state index in [1.165, 1.54) is 20.3 Å². The van der Waals surface area contributed by atoms with Crippen molar-refractivity contribution in [2.24, 2.45) is 0 Å². The summed E-state index contributed by atoms with van der Waals surface area (Å²) < 4.78 is 10.5. The van der Waals surface area contributed by atoms with Crippen molar-refractivity contribution in [2.45, 2.75) is 12.5 Å². The van der Waals surface area contributed by atoms with Crippen molar-refractivity contribution in [2.75, 3.05) is 14.2 Å². The lowest BCUT2D eigenvalue weighted by molar-refractivity contribution is -0.384. The Balaban J connectivity index is 1.59. The minimum atomic E-state index is -1.22. The van der Waals surface area contributed by atoms with Crippen LogP contribution in [0.25, 0.3) is 22.2 Å². The van der Waals surface area contributed by atoms with Gasteiger partial charge in [-0.25, -0.2) is 9.78 Å². The minimum absolute atomic E-state index is 0.0143. The Morgan fingerprint density at radius 2 is 1.70 bits per heavy atom. The van der Waals surface area contributed by atoms with Crippen LogP contribution in [0.15, 0.2) is 72.8 Å². The van der Waals surface area contributed by atoms with E-state index in [1.54, 1.807) is 66.7 Å². The van der Waals surface area contributed by atoms with E-state index in [0.29, 0.717) is 22.3 Å². The number of nitro groups is 1. The molecule has 37 heavy (non-hydrogen) atoms. The number of hydrogen-bond donors (Lipinski definition) is 2. The predicted molar refractivity (Wildman–Crippen MR) is 136 cm³/mol. The van der Waals surface area contributed by atoms with E-state index >= 15 is 0 Å². The maximum Gasteiger partial charge on any atom is 0.326 e. The Labute approximate surface area is 211 Å². The molecule has 10 heteroatoms. The van der Waals surface area contributed by atoms with Gasteiger partial charge in [-0.2, -0.15) is 0 Å². The number of para-hydroxylation sites is 1. The van der Waals surface area contributed by atoms with Gasteiger partial charge in [-0.05, 0) is 42.0 Å². The number of amides is 1. The fraction of sp³-hybridized carbons (Fsp3) is 0.148. The van der Waals surface area contributed by atoms with Gasteiger partial charge in [0.25, 0.3) is 11.6 Å². The zero-order valence-electron chi connectivity index (χ0n) is 20.0. The first-order chi connectivity index (χ1) is 17.8. The molecule has 4 aromatic rings. The van der Waals surface area contributed by atoms with Gasteiger partial charge in [-0.15, -0.1) is 0 Å². The second kappa shape index (κ2) is 10.7. The Morgan fingerprint density at radius 3 is 2.35 bits per heavy atom. The molecule has 0 aliphatic heterocycles. The van der Waals surface area contributed by atoms with Gasteiger partial charge in [-0.3, -0.25) is 14.9 Å².